The van der Waals surface area contributed by atoms with E-state index in [1.165, 1.54) is 0 Å². The number of hydrazone groups is 1. The average Bonchev–Trinajstić information content (AvgIpc) is 2.45. The second-order valence-electron chi connectivity index (χ2n) is 4.31. The van der Waals surface area contributed by atoms with Gasteiger partial charge in [-0.1, -0.05) is 48.0 Å². The quantitative estimate of drug-likeness (QED) is 0.659. The Hall–Kier alpha value is -2.42. The fraction of sp³-hybridized carbons (Fsp3) is 0.125. The second-order valence-corrected chi connectivity index (χ2v) is 4.31. The molecule has 0 aliphatic heterocycles. The number of hydrogen-bond donors (Lipinski definition) is 1. The van der Waals surface area contributed by atoms with Crippen LogP contribution in [0.5, 0.6) is 0 Å². The fourth-order valence-electron chi connectivity index (χ4n) is 1.64. The van der Waals surface area contributed by atoms with Crippen LogP contribution in [0.1, 0.15) is 21.5 Å². The van der Waals surface area contributed by atoms with Gasteiger partial charge in [0.15, 0.2) is 0 Å². The van der Waals surface area contributed by atoms with Gasteiger partial charge in [0.25, 0.3) is 5.91 Å². The van der Waals surface area contributed by atoms with Crippen molar-refractivity contribution in [1.82, 2.24) is 5.43 Å². The van der Waals surface area contributed by atoms with Crippen LogP contribution in [-0.2, 0) is 6.42 Å². The molecule has 0 saturated carbocycles. The summed E-state index contributed by atoms with van der Waals surface area (Å²) in [7, 11) is 0. The first-order valence-corrected chi connectivity index (χ1v) is 6.18. The zero-order valence-electron chi connectivity index (χ0n) is 10.8. The van der Waals surface area contributed by atoms with Crippen LogP contribution in [0.4, 0.5) is 0 Å². The van der Waals surface area contributed by atoms with Crippen LogP contribution in [-0.4, -0.2) is 12.1 Å². The van der Waals surface area contributed by atoms with Crippen molar-refractivity contribution in [3.8, 4) is 0 Å². The summed E-state index contributed by atoms with van der Waals surface area (Å²) >= 11 is 0. The number of carbonyl (C=O) groups excluding carboxylic acids is 1. The summed E-state index contributed by atoms with van der Waals surface area (Å²) in [4.78, 5) is 11.7. The highest BCUT2D eigenvalue weighted by Gasteiger charge is 2.02. The molecule has 1 N–H and O–H groups in total. The molecule has 3 nitrogen and oxygen atoms in total. The van der Waals surface area contributed by atoms with E-state index < -0.39 is 0 Å². The van der Waals surface area contributed by atoms with Crippen molar-refractivity contribution >= 4 is 12.1 Å². The molecule has 2 rings (SSSR count). The van der Waals surface area contributed by atoms with Gasteiger partial charge in [-0.3, -0.25) is 4.79 Å². The van der Waals surface area contributed by atoms with Crippen LogP contribution in [0, 0.1) is 6.92 Å². The lowest BCUT2D eigenvalue weighted by Gasteiger charge is -2.00. The summed E-state index contributed by atoms with van der Waals surface area (Å²) in [6.07, 6.45) is 2.40. The number of rotatable bonds is 4. The Kier molecular flexibility index (Phi) is 4.45. The van der Waals surface area contributed by atoms with Crippen molar-refractivity contribution in [1.29, 1.82) is 0 Å². The number of nitrogens with zero attached hydrogens (tertiary/aromatic N) is 1. The lowest BCUT2D eigenvalue weighted by atomic mass is 10.1. The SMILES string of the molecule is Cc1ccc(C(=O)N/N=C/Cc2ccccc2)cc1. The van der Waals surface area contributed by atoms with E-state index in [1.54, 1.807) is 18.3 Å². The molecule has 1 amide bonds. The van der Waals surface area contributed by atoms with Gasteiger partial charge in [-0.25, -0.2) is 5.43 Å². The van der Waals surface area contributed by atoms with Crippen LogP contribution in [0.25, 0.3) is 0 Å². The Labute approximate surface area is 113 Å². The predicted octanol–water partition coefficient (Wildman–Crippen LogP) is 2.95. The van der Waals surface area contributed by atoms with Gasteiger partial charge in [-0.05, 0) is 24.6 Å². The van der Waals surface area contributed by atoms with E-state index in [-0.39, 0.29) is 5.91 Å². The smallest absolute Gasteiger partial charge is 0.267 e. The Bertz CT molecular complexity index is 559. The van der Waals surface area contributed by atoms with Crippen LogP contribution >= 0.6 is 0 Å². The monoisotopic (exact) mass is 252 g/mol. The van der Waals surface area contributed by atoms with Gasteiger partial charge in [0.1, 0.15) is 0 Å². The summed E-state index contributed by atoms with van der Waals surface area (Å²) in [6, 6.07) is 17.4. The van der Waals surface area contributed by atoms with E-state index in [2.05, 4.69) is 10.5 Å². The Morgan fingerprint density at radius 2 is 1.79 bits per heavy atom. The van der Waals surface area contributed by atoms with Crippen LogP contribution in [0.15, 0.2) is 59.7 Å². The molecule has 0 unspecified atom stereocenters. The zero-order valence-corrected chi connectivity index (χ0v) is 10.8. The molecule has 0 aromatic heterocycles. The maximum absolute atomic E-state index is 11.7. The molecule has 0 saturated heterocycles. The highest BCUT2D eigenvalue weighted by Crippen LogP contribution is 2.02. The molecule has 3 heteroatoms. The number of benzene rings is 2. The number of aryl methyl sites for hydroxylation is 1. The van der Waals surface area contributed by atoms with Crippen LogP contribution < -0.4 is 5.43 Å². The van der Waals surface area contributed by atoms with Crippen molar-refractivity contribution in [2.45, 2.75) is 13.3 Å². The lowest BCUT2D eigenvalue weighted by molar-refractivity contribution is 0.0955. The van der Waals surface area contributed by atoms with E-state index in [1.807, 2.05) is 49.4 Å². The molecule has 96 valence electrons. The number of carbonyl (C=O) groups is 1. The third-order valence-corrected chi connectivity index (χ3v) is 2.74. The van der Waals surface area contributed by atoms with Gasteiger partial charge in [-0.2, -0.15) is 5.10 Å². The van der Waals surface area contributed by atoms with E-state index in [0.717, 1.165) is 11.1 Å². The minimum Gasteiger partial charge on any atom is -0.267 e. The molecule has 0 bridgehead atoms. The largest absolute Gasteiger partial charge is 0.271 e. The summed E-state index contributed by atoms with van der Waals surface area (Å²) < 4.78 is 0. The van der Waals surface area contributed by atoms with Gasteiger partial charge in [-0.15, -0.1) is 0 Å². The number of nitrogens with one attached hydrogen (secondary N) is 1. The van der Waals surface area contributed by atoms with Crippen LogP contribution in [0.2, 0.25) is 0 Å². The molecule has 19 heavy (non-hydrogen) atoms. The van der Waals surface area contributed by atoms with Gasteiger partial charge >= 0.3 is 0 Å². The number of hydrogen-bond acceptors (Lipinski definition) is 2. The summed E-state index contributed by atoms with van der Waals surface area (Å²) in [5.41, 5.74) is 5.42. The van der Waals surface area contributed by atoms with Gasteiger partial charge in [0, 0.05) is 18.2 Å². The number of amides is 1. The highest BCUT2D eigenvalue weighted by molar-refractivity contribution is 5.94. The lowest BCUT2D eigenvalue weighted by Crippen LogP contribution is -2.17. The molecule has 0 aliphatic carbocycles. The topological polar surface area (TPSA) is 41.5 Å². The third-order valence-electron chi connectivity index (χ3n) is 2.74. The van der Waals surface area contributed by atoms with Crippen molar-refractivity contribution in [3.63, 3.8) is 0 Å². The fourth-order valence-corrected chi connectivity index (χ4v) is 1.64. The molecule has 0 aliphatic rings. The maximum atomic E-state index is 11.7. The van der Waals surface area contributed by atoms with Crippen molar-refractivity contribution in [2.24, 2.45) is 5.10 Å². The van der Waals surface area contributed by atoms with E-state index in [9.17, 15) is 4.79 Å². The van der Waals surface area contributed by atoms with E-state index in [0.29, 0.717) is 12.0 Å². The van der Waals surface area contributed by atoms with Gasteiger partial charge in [0.05, 0.1) is 0 Å². The van der Waals surface area contributed by atoms with Crippen molar-refractivity contribution < 1.29 is 4.79 Å². The first-order chi connectivity index (χ1) is 9.25. The second kappa shape index (κ2) is 6.50. The predicted molar refractivity (Wildman–Crippen MR) is 77.3 cm³/mol. The van der Waals surface area contributed by atoms with Gasteiger partial charge < -0.3 is 0 Å². The molecular weight excluding hydrogens is 236 g/mol. The molecule has 0 radical (unpaired) electrons. The molecule has 2 aromatic rings. The summed E-state index contributed by atoms with van der Waals surface area (Å²) in [6.45, 7) is 1.99. The molecule has 2 aromatic carbocycles. The molecule has 0 heterocycles. The summed E-state index contributed by atoms with van der Waals surface area (Å²) in [5.74, 6) is -0.190. The average molecular weight is 252 g/mol. The molecular formula is C16H16N2O. The molecule has 0 atom stereocenters. The Morgan fingerprint density at radius 1 is 1.11 bits per heavy atom. The van der Waals surface area contributed by atoms with Crippen molar-refractivity contribution in [3.05, 3.63) is 71.3 Å². The Morgan fingerprint density at radius 3 is 2.47 bits per heavy atom. The van der Waals surface area contributed by atoms with Gasteiger partial charge in [0.2, 0.25) is 0 Å². The minimum atomic E-state index is -0.190. The van der Waals surface area contributed by atoms with Crippen LogP contribution in [0.3, 0.4) is 0 Å². The maximum Gasteiger partial charge on any atom is 0.271 e. The third kappa shape index (κ3) is 4.07. The Balaban J connectivity index is 1.85. The highest BCUT2D eigenvalue weighted by atomic mass is 16.2. The summed E-state index contributed by atoms with van der Waals surface area (Å²) in [5, 5.41) is 3.94. The normalized spacial score (nSPS) is 10.6. The zero-order chi connectivity index (χ0) is 13.5. The van der Waals surface area contributed by atoms with E-state index >= 15 is 0 Å². The first-order valence-electron chi connectivity index (χ1n) is 6.18. The standard InChI is InChI=1S/C16H16N2O/c1-13-7-9-15(10-8-13)16(19)18-17-12-11-14-5-3-2-4-6-14/h2-10,12H,11H2,1H3,(H,18,19)/b17-12+. The molecule has 0 spiro atoms. The van der Waals surface area contributed by atoms with Crippen molar-refractivity contribution in [2.75, 3.05) is 0 Å². The molecule has 0 fully saturated rings. The van der Waals surface area contributed by atoms with E-state index in [4.69, 9.17) is 0 Å². The first kappa shape index (κ1) is 13.0. The minimum absolute atomic E-state index is 0.190.